The average Bonchev–Trinajstić information content (AvgIpc) is 2.63. The first-order valence-corrected chi connectivity index (χ1v) is 6.69. The van der Waals surface area contributed by atoms with Crippen LogP contribution in [0.2, 0.25) is 0 Å². The van der Waals surface area contributed by atoms with Crippen LogP contribution in [0.25, 0.3) is 0 Å². The summed E-state index contributed by atoms with van der Waals surface area (Å²) in [6.07, 6.45) is 0. The van der Waals surface area contributed by atoms with Crippen LogP contribution >= 0.6 is 23.8 Å². The molecule has 0 atom stereocenters. The third-order valence-electron chi connectivity index (χ3n) is 2.45. The second-order valence-electron chi connectivity index (χ2n) is 5.64. The molecule has 18 heavy (non-hydrogen) atoms. The van der Waals surface area contributed by atoms with E-state index in [4.69, 9.17) is 18.0 Å². The van der Waals surface area contributed by atoms with Gasteiger partial charge in [0.2, 0.25) is 0 Å². The highest BCUT2D eigenvalue weighted by molar-refractivity contribution is 7.80. The number of carbonyl (C=O) groups excluding carboxylic acids is 1. The molecule has 0 saturated heterocycles. The predicted molar refractivity (Wildman–Crippen MR) is 76.9 cm³/mol. The van der Waals surface area contributed by atoms with Crippen molar-refractivity contribution >= 4 is 34.6 Å². The summed E-state index contributed by atoms with van der Waals surface area (Å²) >= 11 is 6.00. The number of carbonyl (C=O) groups is 1. The van der Waals surface area contributed by atoms with E-state index in [9.17, 15) is 4.79 Å². The molecule has 3 N–H and O–H groups in total. The minimum absolute atomic E-state index is 0.229. The van der Waals surface area contributed by atoms with Crippen LogP contribution in [0.5, 0.6) is 0 Å². The lowest BCUT2D eigenvalue weighted by Crippen LogP contribution is -2.52. The van der Waals surface area contributed by atoms with Gasteiger partial charge in [0.15, 0.2) is 0 Å². The monoisotopic (exact) mass is 286 g/mol. The first-order chi connectivity index (χ1) is 8.05. The molecular formula is C11H18N4OS2. The molecule has 0 aliphatic carbocycles. The van der Waals surface area contributed by atoms with Gasteiger partial charge in [0.25, 0.3) is 5.91 Å². The lowest BCUT2D eigenvalue weighted by atomic mass is 9.91. The summed E-state index contributed by atoms with van der Waals surface area (Å²) in [5, 5.41) is 6.82. The van der Waals surface area contributed by atoms with E-state index >= 15 is 0 Å². The van der Waals surface area contributed by atoms with Crippen LogP contribution < -0.4 is 11.1 Å². The van der Waals surface area contributed by atoms with Crippen LogP contribution in [-0.2, 0) is 5.41 Å². The van der Waals surface area contributed by atoms with Crippen molar-refractivity contribution in [3.63, 3.8) is 0 Å². The largest absolute Gasteiger partial charge is 0.391 e. The average molecular weight is 286 g/mol. The standard InChI is InChI=1S/C11H18N4OS2/c1-10(2,3)7-6(18-15-14-7)8(16)13-11(4,5)9(12)17/h1-5H3,(H2,12,17)(H,13,16). The number of amides is 1. The van der Waals surface area contributed by atoms with Crippen LogP contribution in [0.4, 0.5) is 0 Å². The zero-order chi connectivity index (χ0) is 14.1. The smallest absolute Gasteiger partial charge is 0.265 e. The SMILES string of the molecule is CC(C)(NC(=O)c1snnc1C(C)(C)C)C(N)=S. The van der Waals surface area contributed by atoms with Gasteiger partial charge in [-0.2, -0.15) is 0 Å². The molecule has 0 aromatic carbocycles. The van der Waals surface area contributed by atoms with Gasteiger partial charge in [-0.1, -0.05) is 37.5 Å². The number of nitrogens with two attached hydrogens (primary N) is 1. The van der Waals surface area contributed by atoms with Gasteiger partial charge in [0.1, 0.15) is 4.88 Å². The van der Waals surface area contributed by atoms with Crippen molar-refractivity contribution in [2.45, 2.75) is 45.6 Å². The number of nitrogens with zero attached hydrogens (tertiary/aromatic N) is 2. The summed E-state index contributed by atoms with van der Waals surface area (Å²) in [6.45, 7) is 9.48. The summed E-state index contributed by atoms with van der Waals surface area (Å²) in [6, 6.07) is 0. The summed E-state index contributed by atoms with van der Waals surface area (Å²) in [5.74, 6) is -0.243. The fourth-order valence-corrected chi connectivity index (χ4v) is 2.06. The Hall–Kier alpha value is -1.08. The van der Waals surface area contributed by atoms with E-state index in [0.717, 1.165) is 11.5 Å². The van der Waals surface area contributed by atoms with E-state index in [0.29, 0.717) is 10.6 Å². The molecule has 0 unspecified atom stereocenters. The Morgan fingerprint density at radius 2 is 1.89 bits per heavy atom. The zero-order valence-corrected chi connectivity index (χ0v) is 12.8. The molecule has 0 aliphatic heterocycles. The van der Waals surface area contributed by atoms with Gasteiger partial charge in [-0.3, -0.25) is 4.79 Å². The van der Waals surface area contributed by atoms with Gasteiger partial charge in [-0.05, 0) is 25.4 Å². The van der Waals surface area contributed by atoms with E-state index in [1.165, 1.54) is 0 Å². The van der Waals surface area contributed by atoms with Crippen LogP contribution in [0.15, 0.2) is 0 Å². The van der Waals surface area contributed by atoms with Gasteiger partial charge in [0.05, 0.1) is 16.2 Å². The van der Waals surface area contributed by atoms with Crippen molar-refractivity contribution < 1.29 is 4.79 Å². The van der Waals surface area contributed by atoms with E-state index in [1.54, 1.807) is 13.8 Å². The number of aromatic nitrogens is 2. The summed E-state index contributed by atoms with van der Waals surface area (Å²) in [5.41, 5.74) is 5.31. The number of hydrogen-bond acceptors (Lipinski definition) is 5. The molecule has 0 aliphatic rings. The number of thiocarbonyl (C=S) groups is 1. The Morgan fingerprint density at radius 1 is 1.33 bits per heavy atom. The first kappa shape index (κ1) is 15.0. The van der Waals surface area contributed by atoms with Gasteiger partial charge in [-0.15, -0.1) is 5.10 Å². The van der Waals surface area contributed by atoms with Gasteiger partial charge < -0.3 is 11.1 Å². The summed E-state index contributed by atoms with van der Waals surface area (Å²) < 4.78 is 3.85. The fraction of sp³-hybridized carbons (Fsp3) is 0.636. The van der Waals surface area contributed by atoms with E-state index in [-0.39, 0.29) is 16.3 Å². The quantitative estimate of drug-likeness (QED) is 0.825. The summed E-state index contributed by atoms with van der Waals surface area (Å²) in [7, 11) is 0. The molecule has 100 valence electrons. The second-order valence-corrected chi connectivity index (χ2v) is 6.84. The van der Waals surface area contributed by atoms with Gasteiger partial charge in [0, 0.05) is 5.41 Å². The van der Waals surface area contributed by atoms with E-state index < -0.39 is 5.54 Å². The maximum atomic E-state index is 12.2. The molecule has 1 heterocycles. The first-order valence-electron chi connectivity index (χ1n) is 5.51. The number of rotatable bonds is 3. The maximum Gasteiger partial charge on any atom is 0.265 e. The van der Waals surface area contributed by atoms with Crippen molar-refractivity contribution in [1.82, 2.24) is 14.9 Å². The molecule has 0 radical (unpaired) electrons. The Kier molecular flexibility index (Phi) is 4.07. The number of hydrogen-bond donors (Lipinski definition) is 2. The van der Waals surface area contributed by atoms with Crippen LogP contribution in [0.3, 0.4) is 0 Å². The van der Waals surface area contributed by atoms with Crippen LogP contribution in [0.1, 0.15) is 50.0 Å². The Morgan fingerprint density at radius 3 is 2.33 bits per heavy atom. The lowest BCUT2D eigenvalue weighted by Gasteiger charge is -2.25. The Labute approximate surface area is 116 Å². The zero-order valence-electron chi connectivity index (χ0n) is 11.2. The molecule has 1 amide bonds. The minimum Gasteiger partial charge on any atom is -0.391 e. The lowest BCUT2D eigenvalue weighted by molar-refractivity contribution is 0.0934. The third kappa shape index (κ3) is 3.23. The molecule has 1 aromatic rings. The molecular weight excluding hydrogens is 268 g/mol. The van der Waals surface area contributed by atoms with Crippen molar-refractivity contribution in [2.75, 3.05) is 0 Å². The molecule has 0 saturated carbocycles. The van der Waals surface area contributed by atoms with Crippen molar-refractivity contribution in [3.8, 4) is 0 Å². The molecule has 0 fully saturated rings. The fourth-order valence-electron chi connectivity index (χ4n) is 1.23. The molecule has 0 spiro atoms. The van der Waals surface area contributed by atoms with E-state index in [2.05, 4.69) is 14.9 Å². The Balaban J connectivity index is 3.00. The summed E-state index contributed by atoms with van der Waals surface area (Å²) in [4.78, 5) is 12.9. The Bertz CT molecular complexity index is 474. The highest BCUT2D eigenvalue weighted by atomic mass is 32.1. The minimum atomic E-state index is -0.731. The third-order valence-corrected chi connectivity index (χ3v) is 3.68. The van der Waals surface area contributed by atoms with Crippen molar-refractivity contribution in [2.24, 2.45) is 5.73 Å². The van der Waals surface area contributed by atoms with E-state index in [1.807, 2.05) is 20.8 Å². The molecule has 1 aromatic heterocycles. The van der Waals surface area contributed by atoms with Crippen molar-refractivity contribution in [1.29, 1.82) is 0 Å². The number of nitrogens with one attached hydrogen (secondary N) is 1. The predicted octanol–water partition coefficient (Wildman–Crippen LogP) is 1.63. The van der Waals surface area contributed by atoms with Crippen molar-refractivity contribution in [3.05, 3.63) is 10.6 Å². The molecule has 7 heteroatoms. The highest BCUT2D eigenvalue weighted by Crippen LogP contribution is 2.26. The second kappa shape index (κ2) is 4.89. The molecule has 0 bridgehead atoms. The highest BCUT2D eigenvalue weighted by Gasteiger charge is 2.30. The van der Waals surface area contributed by atoms with Crippen LogP contribution in [0, 0.1) is 0 Å². The van der Waals surface area contributed by atoms with Gasteiger partial charge in [-0.25, -0.2) is 0 Å². The normalized spacial score (nSPS) is 12.3. The molecule has 5 nitrogen and oxygen atoms in total. The maximum absolute atomic E-state index is 12.2. The molecule has 1 rings (SSSR count). The van der Waals surface area contributed by atoms with Gasteiger partial charge >= 0.3 is 0 Å². The topological polar surface area (TPSA) is 80.9 Å². The van der Waals surface area contributed by atoms with Crippen LogP contribution in [-0.4, -0.2) is 26.0 Å².